The lowest BCUT2D eigenvalue weighted by molar-refractivity contribution is 0.386. The van der Waals surface area contributed by atoms with Crippen molar-refractivity contribution in [3.8, 4) is 0 Å². The first-order valence-corrected chi connectivity index (χ1v) is 6.36. The molecule has 0 amide bonds. The third kappa shape index (κ3) is 1.01. The van der Waals surface area contributed by atoms with E-state index in [0.29, 0.717) is 0 Å². The Labute approximate surface area is 87.4 Å². The maximum Gasteiger partial charge on any atom is 0.172 e. The molecule has 13 heavy (non-hydrogen) atoms. The van der Waals surface area contributed by atoms with Crippen LogP contribution < -0.4 is 0 Å². The van der Waals surface area contributed by atoms with Crippen LogP contribution in [0, 0.1) is 17.3 Å². The molecule has 1 spiro atoms. The quantitative estimate of drug-likeness (QED) is 0.567. The van der Waals surface area contributed by atoms with E-state index in [4.69, 9.17) is 0 Å². The molecule has 0 heterocycles. The van der Waals surface area contributed by atoms with Crippen LogP contribution in [-0.4, -0.2) is 4.58 Å². The van der Waals surface area contributed by atoms with Crippen molar-refractivity contribution >= 4 is 15.9 Å². The van der Waals surface area contributed by atoms with E-state index in [-0.39, 0.29) is 5.41 Å². The van der Waals surface area contributed by atoms with Crippen LogP contribution in [0.25, 0.3) is 0 Å². The van der Waals surface area contributed by atoms with Crippen LogP contribution in [0.5, 0.6) is 0 Å². The minimum Gasteiger partial charge on any atom is -0.231 e. The van der Waals surface area contributed by atoms with Crippen molar-refractivity contribution < 1.29 is 4.39 Å². The first kappa shape index (κ1) is 8.70. The number of alkyl halides is 2. The van der Waals surface area contributed by atoms with Gasteiger partial charge in [0.2, 0.25) is 0 Å². The second-order valence-electron chi connectivity index (χ2n) is 5.13. The molecule has 2 heteroatoms. The Hall–Kier alpha value is 0.410. The van der Waals surface area contributed by atoms with Gasteiger partial charge in [0.1, 0.15) is 0 Å². The van der Waals surface area contributed by atoms with Crippen LogP contribution in [0.3, 0.4) is 0 Å². The number of rotatable bonds is 0. The average Bonchev–Trinajstić information content (AvgIpc) is 2.71. The molecule has 3 atom stereocenters. The first-order chi connectivity index (χ1) is 6.18. The Kier molecular flexibility index (Phi) is 1.67. The van der Waals surface area contributed by atoms with Crippen LogP contribution in [-0.2, 0) is 0 Å². The Morgan fingerprint density at radius 1 is 1.00 bits per heavy atom. The third-order valence-electron chi connectivity index (χ3n) is 4.55. The predicted molar refractivity (Wildman–Crippen MR) is 54.5 cm³/mol. The average molecular weight is 247 g/mol. The minimum atomic E-state index is -0.959. The third-order valence-corrected chi connectivity index (χ3v) is 5.57. The van der Waals surface area contributed by atoms with Gasteiger partial charge in [0.05, 0.1) is 0 Å². The summed E-state index contributed by atoms with van der Waals surface area (Å²) in [7, 11) is 0. The number of halogens is 2. The minimum absolute atomic E-state index is 0.122. The zero-order valence-electron chi connectivity index (χ0n) is 7.86. The van der Waals surface area contributed by atoms with Crippen molar-refractivity contribution in [2.24, 2.45) is 17.3 Å². The SMILES string of the molecule is FC1(Br)CC12C1CCCCCCC12. The number of hydrogen-bond donors (Lipinski definition) is 0. The van der Waals surface area contributed by atoms with Gasteiger partial charge in [-0.3, -0.25) is 0 Å². The second kappa shape index (κ2) is 2.50. The van der Waals surface area contributed by atoms with Crippen molar-refractivity contribution in [1.82, 2.24) is 0 Å². The Morgan fingerprint density at radius 2 is 1.46 bits per heavy atom. The molecular formula is C11H16BrF. The summed E-state index contributed by atoms with van der Waals surface area (Å²) in [6, 6.07) is 0. The van der Waals surface area contributed by atoms with E-state index in [0.717, 1.165) is 18.3 Å². The van der Waals surface area contributed by atoms with E-state index < -0.39 is 4.58 Å². The largest absolute Gasteiger partial charge is 0.231 e. The highest BCUT2D eigenvalue weighted by molar-refractivity contribution is 9.10. The normalized spacial score (nSPS) is 59.5. The Morgan fingerprint density at radius 3 is 1.85 bits per heavy atom. The molecule has 0 aromatic rings. The summed E-state index contributed by atoms with van der Waals surface area (Å²) in [5.74, 6) is 1.47. The first-order valence-electron chi connectivity index (χ1n) is 5.56. The molecule has 74 valence electrons. The molecule has 0 N–H and O–H groups in total. The molecule has 3 fully saturated rings. The highest BCUT2D eigenvalue weighted by Crippen LogP contribution is 2.86. The molecule has 3 unspecified atom stereocenters. The maximum absolute atomic E-state index is 13.7. The predicted octanol–water partition coefficient (Wildman–Crippen LogP) is 4.04. The fourth-order valence-electron chi connectivity index (χ4n) is 3.73. The van der Waals surface area contributed by atoms with Crippen molar-refractivity contribution in [2.75, 3.05) is 0 Å². The van der Waals surface area contributed by atoms with Crippen molar-refractivity contribution in [1.29, 1.82) is 0 Å². The van der Waals surface area contributed by atoms with Gasteiger partial charge < -0.3 is 0 Å². The van der Waals surface area contributed by atoms with Gasteiger partial charge in [-0.05, 0) is 40.6 Å². The molecule has 0 aromatic heterocycles. The summed E-state index contributed by atoms with van der Waals surface area (Å²) in [6.45, 7) is 0. The Bertz CT molecular complexity index is 222. The van der Waals surface area contributed by atoms with Gasteiger partial charge in [-0.1, -0.05) is 25.7 Å². The lowest BCUT2D eigenvalue weighted by atomic mass is 10.0. The summed E-state index contributed by atoms with van der Waals surface area (Å²) in [5.41, 5.74) is 0.122. The van der Waals surface area contributed by atoms with Gasteiger partial charge in [-0.15, -0.1) is 0 Å². The molecule has 0 radical (unpaired) electrons. The molecule has 0 saturated heterocycles. The van der Waals surface area contributed by atoms with Crippen molar-refractivity contribution in [2.45, 2.75) is 49.5 Å². The fourth-order valence-corrected chi connectivity index (χ4v) is 4.78. The molecule has 3 saturated carbocycles. The summed E-state index contributed by atoms with van der Waals surface area (Å²) in [4.78, 5) is 0. The van der Waals surface area contributed by atoms with E-state index in [9.17, 15) is 4.39 Å². The van der Waals surface area contributed by atoms with E-state index >= 15 is 0 Å². The highest BCUT2D eigenvalue weighted by Gasteiger charge is 2.85. The van der Waals surface area contributed by atoms with E-state index in [1.54, 1.807) is 0 Å². The molecule has 3 rings (SSSR count). The van der Waals surface area contributed by atoms with E-state index in [1.807, 2.05) is 0 Å². The van der Waals surface area contributed by atoms with Crippen molar-refractivity contribution in [3.05, 3.63) is 0 Å². The standard InChI is InChI=1S/C11H16BrF/c12-11(13)7-10(11)8-5-3-1-2-4-6-9(8)10/h8-9H,1-7H2. The number of fused-ring (bicyclic) bond motifs is 3. The van der Waals surface area contributed by atoms with Crippen LogP contribution in [0.15, 0.2) is 0 Å². The summed E-state index contributed by atoms with van der Waals surface area (Å²) >= 11 is 3.24. The number of hydrogen-bond acceptors (Lipinski definition) is 0. The lowest BCUT2D eigenvalue weighted by Gasteiger charge is -2.05. The van der Waals surface area contributed by atoms with Crippen molar-refractivity contribution in [3.63, 3.8) is 0 Å². The zero-order valence-corrected chi connectivity index (χ0v) is 9.45. The summed E-state index contributed by atoms with van der Waals surface area (Å²) in [6.07, 6.45) is 8.82. The molecular weight excluding hydrogens is 231 g/mol. The van der Waals surface area contributed by atoms with Gasteiger partial charge in [0.25, 0.3) is 0 Å². The second-order valence-corrected chi connectivity index (χ2v) is 6.38. The lowest BCUT2D eigenvalue weighted by Crippen LogP contribution is -1.94. The van der Waals surface area contributed by atoms with Gasteiger partial charge in [0, 0.05) is 11.8 Å². The topological polar surface area (TPSA) is 0 Å². The summed E-state index contributed by atoms with van der Waals surface area (Å²) in [5, 5.41) is 0. The van der Waals surface area contributed by atoms with E-state index in [1.165, 1.54) is 38.5 Å². The molecule has 0 aliphatic heterocycles. The monoisotopic (exact) mass is 246 g/mol. The molecule has 0 bridgehead atoms. The molecule has 3 aliphatic rings. The van der Waals surface area contributed by atoms with Crippen LogP contribution in [0.2, 0.25) is 0 Å². The van der Waals surface area contributed by atoms with Gasteiger partial charge in [-0.2, -0.15) is 0 Å². The smallest absolute Gasteiger partial charge is 0.172 e. The maximum atomic E-state index is 13.7. The van der Waals surface area contributed by atoms with Gasteiger partial charge in [0.15, 0.2) is 4.58 Å². The van der Waals surface area contributed by atoms with Gasteiger partial charge in [-0.25, -0.2) is 4.39 Å². The molecule has 0 nitrogen and oxygen atoms in total. The van der Waals surface area contributed by atoms with Crippen LogP contribution >= 0.6 is 15.9 Å². The van der Waals surface area contributed by atoms with Crippen LogP contribution in [0.4, 0.5) is 4.39 Å². The molecule has 3 aliphatic carbocycles. The summed E-state index contributed by atoms with van der Waals surface area (Å²) < 4.78 is 12.8. The highest BCUT2D eigenvalue weighted by atomic mass is 79.9. The molecule has 0 aromatic carbocycles. The van der Waals surface area contributed by atoms with Crippen LogP contribution in [0.1, 0.15) is 44.9 Å². The van der Waals surface area contributed by atoms with E-state index in [2.05, 4.69) is 15.9 Å². The zero-order chi connectivity index (χ0) is 9.10. The fraction of sp³-hybridized carbons (Fsp3) is 1.00. The Balaban J connectivity index is 1.75. The van der Waals surface area contributed by atoms with Gasteiger partial charge >= 0.3 is 0 Å².